The van der Waals surface area contributed by atoms with Crippen LogP contribution in [0, 0.1) is 0 Å². The molecule has 18 heavy (non-hydrogen) atoms. The molecule has 1 amide bonds. The number of pyridine rings is 1. The summed E-state index contributed by atoms with van der Waals surface area (Å²) in [5.41, 5.74) is -0.794. The Bertz CT molecular complexity index is 401. The van der Waals surface area contributed by atoms with Gasteiger partial charge in [-0.1, -0.05) is 0 Å². The average molecular weight is 261 g/mol. The molecule has 0 aliphatic carbocycles. The molecule has 1 aromatic heterocycles. The zero-order valence-corrected chi connectivity index (χ0v) is 10.1. The van der Waals surface area contributed by atoms with E-state index in [2.05, 4.69) is 10.3 Å². The summed E-state index contributed by atoms with van der Waals surface area (Å²) in [6, 6.07) is 2.19. The van der Waals surface area contributed by atoms with E-state index in [1.807, 2.05) is 0 Å². The molecule has 1 N–H and O–H groups in total. The molecule has 0 unspecified atom stereocenters. The van der Waals surface area contributed by atoms with Crippen molar-refractivity contribution in [1.29, 1.82) is 0 Å². The molecule has 7 heteroatoms. The summed E-state index contributed by atoms with van der Waals surface area (Å²) in [5.74, 6) is 0.254. The van der Waals surface area contributed by atoms with E-state index in [0.29, 0.717) is 12.4 Å². The third-order valence-electron chi connectivity index (χ3n) is 2.23. The van der Waals surface area contributed by atoms with Gasteiger partial charge in [0.2, 0.25) is 5.91 Å². The zero-order chi connectivity index (χ0) is 13.8. The van der Waals surface area contributed by atoms with Crippen molar-refractivity contribution in [3.63, 3.8) is 0 Å². The number of aromatic nitrogens is 1. The Hall–Kier alpha value is -1.79. The lowest BCUT2D eigenvalue weighted by Gasteiger charge is -2.11. The van der Waals surface area contributed by atoms with E-state index in [4.69, 9.17) is 0 Å². The van der Waals surface area contributed by atoms with Crippen LogP contribution >= 0.6 is 0 Å². The van der Waals surface area contributed by atoms with Gasteiger partial charge in [0.05, 0.1) is 5.56 Å². The standard InChI is InChI=1S/C11H14F3N3O/c1-17(2)10(18)5-6-15-9-4-3-8(7-16-9)11(12,13)14/h3-4,7H,5-6H2,1-2H3,(H,15,16). The predicted molar refractivity (Wildman–Crippen MR) is 61.0 cm³/mol. The number of carbonyl (C=O) groups excluding carboxylic acids is 1. The molecule has 0 saturated carbocycles. The molecule has 1 rings (SSSR count). The first kappa shape index (κ1) is 14.3. The Morgan fingerprint density at radius 1 is 1.39 bits per heavy atom. The van der Waals surface area contributed by atoms with Gasteiger partial charge in [-0.2, -0.15) is 13.2 Å². The van der Waals surface area contributed by atoms with Crippen molar-refractivity contribution in [1.82, 2.24) is 9.88 Å². The Balaban J connectivity index is 2.47. The van der Waals surface area contributed by atoms with E-state index in [1.54, 1.807) is 14.1 Å². The molecular weight excluding hydrogens is 247 g/mol. The number of alkyl halides is 3. The highest BCUT2D eigenvalue weighted by atomic mass is 19.4. The quantitative estimate of drug-likeness (QED) is 0.901. The monoisotopic (exact) mass is 261 g/mol. The molecule has 1 heterocycles. The highest BCUT2D eigenvalue weighted by Gasteiger charge is 2.30. The van der Waals surface area contributed by atoms with E-state index in [0.717, 1.165) is 12.3 Å². The van der Waals surface area contributed by atoms with Gasteiger partial charge in [-0.3, -0.25) is 4.79 Å². The normalized spacial score (nSPS) is 11.2. The van der Waals surface area contributed by atoms with E-state index in [9.17, 15) is 18.0 Å². The van der Waals surface area contributed by atoms with Crippen molar-refractivity contribution in [3.8, 4) is 0 Å². The van der Waals surface area contributed by atoms with Crippen LogP contribution in [0.2, 0.25) is 0 Å². The van der Waals surface area contributed by atoms with Gasteiger partial charge in [0, 0.05) is 33.3 Å². The summed E-state index contributed by atoms with van der Waals surface area (Å²) in [6.45, 7) is 0.329. The minimum atomic E-state index is -4.38. The topological polar surface area (TPSA) is 45.2 Å². The molecule has 0 radical (unpaired) electrons. The second-order valence-corrected chi connectivity index (χ2v) is 3.89. The lowest BCUT2D eigenvalue weighted by molar-refractivity contribution is -0.137. The molecule has 0 fully saturated rings. The average Bonchev–Trinajstić information content (AvgIpc) is 2.28. The third kappa shape index (κ3) is 4.23. The molecule has 0 aliphatic heterocycles. The summed E-state index contributed by atoms with van der Waals surface area (Å²) in [6.07, 6.45) is -3.36. The first-order valence-corrected chi connectivity index (χ1v) is 5.28. The van der Waals surface area contributed by atoms with E-state index in [-0.39, 0.29) is 12.3 Å². The molecule has 4 nitrogen and oxygen atoms in total. The maximum Gasteiger partial charge on any atom is 0.417 e. The van der Waals surface area contributed by atoms with Crippen LogP contribution in [-0.2, 0) is 11.0 Å². The van der Waals surface area contributed by atoms with Crippen LogP contribution in [0.4, 0.5) is 19.0 Å². The number of amides is 1. The summed E-state index contributed by atoms with van der Waals surface area (Å²) >= 11 is 0. The molecule has 0 saturated heterocycles. The van der Waals surface area contributed by atoms with Gasteiger partial charge in [0.25, 0.3) is 0 Å². The summed E-state index contributed by atoms with van der Waals surface area (Å²) in [7, 11) is 3.28. The number of anilines is 1. The fourth-order valence-electron chi connectivity index (χ4n) is 1.19. The molecule has 0 atom stereocenters. The Labute approximate surface area is 103 Å². The van der Waals surface area contributed by atoms with Crippen LogP contribution in [0.1, 0.15) is 12.0 Å². The Morgan fingerprint density at radius 2 is 2.06 bits per heavy atom. The maximum atomic E-state index is 12.3. The smallest absolute Gasteiger partial charge is 0.370 e. The number of rotatable bonds is 4. The van der Waals surface area contributed by atoms with Crippen LogP contribution in [-0.4, -0.2) is 36.4 Å². The minimum absolute atomic E-state index is 0.0607. The SMILES string of the molecule is CN(C)C(=O)CCNc1ccc(C(F)(F)F)cn1. The number of hydrogen-bond donors (Lipinski definition) is 1. The molecule has 100 valence electrons. The van der Waals surface area contributed by atoms with Crippen molar-refractivity contribution >= 4 is 11.7 Å². The number of hydrogen-bond acceptors (Lipinski definition) is 3. The highest BCUT2D eigenvalue weighted by Crippen LogP contribution is 2.28. The van der Waals surface area contributed by atoms with Gasteiger partial charge in [-0.15, -0.1) is 0 Å². The highest BCUT2D eigenvalue weighted by molar-refractivity contribution is 5.76. The molecular formula is C11H14F3N3O. The minimum Gasteiger partial charge on any atom is -0.370 e. The third-order valence-corrected chi connectivity index (χ3v) is 2.23. The van der Waals surface area contributed by atoms with Gasteiger partial charge in [-0.05, 0) is 12.1 Å². The number of nitrogens with one attached hydrogen (secondary N) is 1. The van der Waals surface area contributed by atoms with Gasteiger partial charge >= 0.3 is 6.18 Å². The van der Waals surface area contributed by atoms with Crippen molar-refractivity contribution in [2.75, 3.05) is 26.0 Å². The van der Waals surface area contributed by atoms with Gasteiger partial charge in [0.15, 0.2) is 0 Å². The second-order valence-electron chi connectivity index (χ2n) is 3.89. The predicted octanol–water partition coefficient (Wildman–Crippen LogP) is 1.99. The summed E-state index contributed by atoms with van der Waals surface area (Å²) in [4.78, 5) is 16.3. The van der Waals surface area contributed by atoms with Crippen LogP contribution in [0.5, 0.6) is 0 Å². The Kier molecular flexibility index (Phi) is 4.52. The van der Waals surface area contributed by atoms with Crippen molar-refractivity contribution in [2.45, 2.75) is 12.6 Å². The van der Waals surface area contributed by atoms with Crippen molar-refractivity contribution in [2.24, 2.45) is 0 Å². The maximum absolute atomic E-state index is 12.3. The van der Waals surface area contributed by atoms with E-state index < -0.39 is 11.7 Å². The Morgan fingerprint density at radius 3 is 2.50 bits per heavy atom. The second kappa shape index (κ2) is 5.70. The summed E-state index contributed by atoms with van der Waals surface area (Å²) in [5, 5.41) is 2.78. The molecule has 0 aromatic carbocycles. The van der Waals surface area contributed by atoms with Gasteiger partial charge < -0.3 is 10.2 Å². The molecule has 1 aromatic rings. The van der Waals surface area contributed by atoms with E-state index >= 15 is 0 Å². The van der Waals surface area contributed by atoms with Crippen molar-refractivity contribution in [3.05, 3.63) is 23.9 Å². The first-order chi connectivity index (χ1) is 8.30. The largest absolute Gasteiger partial charge is 0.417 e. The van der Waals surface area contributed by atoms with Crippen molar-refractivity contribution < 1.29 is 18.0 Å². The van der Waals surface area contributed by atoms with Crippen LogP contribution in [0.3, 0.4) is 0 Å². The van der Waals surface area contributed by atoms with Crippen LogP contribution < -0.4 is 5.32 Å². The zero-order valence-electron chi connectivity index (χ0n) is 10.1. The lowest BCUT2D eigenvalue weighted by Crippen LogP contribution is -2.24. The van der Waals surface area contributed by atoms with Crippen LogP contribution in [0.25, 0.3) is 0 Å². The number of halogens is 3. The van der Waals surface area contributed by atoms with E-state index in [1.165, 1.54) is 11.0 Å². The fraction of sp³-hybridized carbons (Fsp3) is 0.455. The number of nitrogens with zero attached hydrogens (tertiary/aromatic N) is 2. The fourth-order valence-corrected chi connectivity index (χ4v) is 1.19. The molecule has 0 bridgehead atoms. The first-order valence-electron chi connectivity index (χ1n) is 5.28. The molecule has 0 aliphatic rings. The molecule has 0 spiro atoms. The van der Waals surface area contributed by atoms with Gasteiger partial charge in [-0.25, -0.2) is 4.98 Å². The van der Waals surface area contributed by atoms with Crippen LogP contribution in [0.15, 0.2) is 18.3 Å². The van der Waals surface area contributed by atoms with Gasteiger partial charge in [0.1, 0.15) is 5.82 Å². The lowest BCUT2D eigenvalue weighted by atomic mass is 10.3. The summed E-state index contributed by atoms with van der Waals surface area (Å²) < 4.78 is 36.8. The number of carbonyl (C=O) groups is 1.